The molecule has 2 aliphatic rings. The lowest BCUT2D eigenvalue weighted by atomic mass is 9.80. The van der Waals surface area contributed by atoms with Crippen LogP contribution in [0.2, 0.25) is 0 Å². The Balaban J connectivity index is 1.39. The van der Waals surface area contributed by atoms with Crippen LogP contribution in [-0.2, 0) is 38.0 Å². The van der Waals surface area contributed by atoms with E-state index in [2.05, 4.69) is 23.8 Å². The van der Waals surface area contributed by atoms with Crippen LogP contribution < -0.4 is 0 Å². The lowest BCUT2D eigenvalue weighted by Gasteiger charge is -2.36. The first-order valence-electron chi connectivity index (χ1n) is 20.4. The highest BCUT2D eigenvalue weighted by Crippen LogP contribution is 2.37. The van der Waals surface area contributed by atoms with Gasteiger partial charge in [-0.3, -0.25) is 4.79 Å². The number of pyridine rings is 1. The molecule has 4 rings (SSSR count). The third kappa shape index (κ3) is 15.9. The van der Waals surface area contributed by atoms with Gasteiger partial charge in [-0.1, -0.05) is 68.0 Å². The summed E-state index contributed by atoms with van der Waals surface area (Å²) in [5.74, 6) is 0.191. The smallest absolute Gasteiger partial charge is 0.467 e. The number of methoxy groups -OCH3 is 2. The van der Waals surface area contributed by atoms with Gasteiger partial charge in [0.25, 0.3) is 0 Å². The van der Waals surface area contributed by atoms with Crippen LogP contribution >= 0.6 is 21.6 Å². The van der Waals surface area contributed by atoms with Gasteiger partial charge in [-0.2, -0.15) is 0 Å². The molecular weight excluding hydrogens is 809 g/mol. The first kappa shape index (κ1) is 48.8. The zero-order valence-corrected chi connectivity index (χ0v) is 37.9. The van der Waals surface area contributed by atoms with E-state index in [-0.39, 0.29) is 67.4 Å². The number of hydrogen-bond donors (Lipinski definition) is 1. The fraction of sp³-hybridized carbons (Fsp3) is 0.578. The van der Waals surface area contributed by atoms with E-state index in [9.17, 15) is 19.5 Å². The van der Waals surface area contributed by atoms with E-state index in [4.69, 9.17) is 32.8 Å². The molecule has 2 fully saturated rings. The van der Waals surface area contributed by atoms with Crippen molar-refractivity contribution < 1.29 is 52.3 Å². The summed E-state index contributed by atoms with van der Waals surface area (Å²) in [4.78, 5) is 46.1. The number of allylic oxidation sites excluding steroid dienone is 4. The normalized spacial score (nSPS) is 23.3. The molecule has 2 aliphatic heterocycles. The maximum atomic E-state index is 13.1. The Hall–Kier alpha value is -3.89. The van der Waals surface area contributed by atoms with Gasteiger partial charge in [0.05, 0.1) is 19.3 Å². The van der Waals surface area contributed by atoms with Crippen LogP contribution in [0.15, 0.2) is 81.6 Å². The number of carbonyl (C=O) groups is 3. The minimum atomic E-state index is -1.48. The molecule has 0 spiro atoms. The van der Waals surface area contributed by atoms with Crippen LogP contribution in [0.1, 0.15) is 85.2 Å². The van der Waals surface area contributed by atoms with Crippen LogP contribution in [0.3, 0.4) is 0 Å². The second-order valence-corrected chi connectivity index (χ2v) is 18.4. The van der Waals surface area contributed by atoms with Gasteiger partial charge in [0.1, 0.15) is 41.4 Å². The summed E-state index contributed by atoms with van der Waals surface area (Å²) in [6.45, 7) is 13.7. The minimum Gasteiger partial charge on any atom is -0.467 e. The molecule has 0 unspecified atom stereocenters. The number of ether oxygens (including phenoxy) is 6. The Bertz CT molecular complexity index is 1810. The average Bonchev–Trinajstić information content (AvgIpc) is 3.86. The van der Waals surface area contributed by atoms with E-state index in [1.807, 2.05) is 75.4 Å². The predicted molar refractivity (Wildman–Crippen MR) is 232 cm³/mol. The topological polar surface area (TPSA) is 169 Å². The molecule has 2 saturated heterocycles. The zero-order chi connectivity index (χ0) is 43.8. The number of cyclic esters (lactones) is 1. The number of aromatic nitrogens is 2. The monoisotopic (exact) mass is 870 g/mol. The summed E-state index contributed by atoms with van der Waals surface area (Å²) in [6, 6.07) is 5.67. The van der Waals surface area contributed by atoms with E-state index < -0.39 is 29.9 Å². The molecule has 13 nitrogen and oxygen atoms in total. The van der Waals surface area contributed by atoms with E-state index in [0.29, 0.717) is 30.9 Å². The van der Waals surface area contributed by atoms with Crippen molar-refractivity contribution in [1.82, 2.24) is 9.97 Å². The van der Waals surface area contributed by atoms with Gasteiger partial charge in [0.2, 0.25) is 0 Å². The van der Waals surface area contributed by atoms with Gasteiger partial charge in [-0.05, 0) is 104 Å². The quantitative estimate of drug-likeness (QED) is 0.0214. The Kier molecular flexibility index (Phi) is 19.5. The molecule has 330 valence electrons. The standard InChI is InChI=1S/C45H62N2O11S2/c1-28(22-35-27-55-33(6)47-35)14-12-15-30(3)41(52-8)32(5)31(4)23-38(58-44(50)54-20-21-59-60-39-17-10-11-19-46-39)45(7,51)18-13-16-29(2)36-24-34(26-40(48)56-36)25-37-42(57-37)43(49)53-9/h10-17,19,22,27,29,31-32,34,36-38,41-42,51H,18,20-21,23-26H2,1-9H3/b14-12+,16-13+,28-22+,30-15+/t29-,31+,32+,34+,36-,37+,38+,41+,42-,45+/m1/s1. The fourth-order valence-corrected chi connectivity index (χ4v) is 8.95. The van der Waals surface area contributed by atoms with Crippen molar-refractivity contribution in [3.05, 3.63) is 83.8 Å². The van der Waals surface area contributed by atoms with Crippen LogP contribution in [-0.4, -0.2) is 95.9 Å². The number of rotatable bonds is 23. The number of carbonyl (C=O) groups excluding carboxylic acids is 3. The molecule has 60 heavy (non-hydrogen) atoms. The number of hydrogen-bond acceptors (Lipinski definition) is 15. The second-order valence-electron chi connectivity index (χ2n) is 16.0. The second kappa shape index (κ2) is 23.9. The van der Waals surface area contributed by atoms with Crippen molar-refractivity contribution in [3.63, 3.8) is 0 Å². The first-order chi connectivity index (χ1) is 28.6. The summed E-state index contributed by atoms with van der Waals surface area (Å²) in [6.07, 6.45) is 13.7. The van der Waals surface area contributed by atoms with E-state index in [0.717, 1.165) is 21.9 Å². The number of oxazole rings is 1. The summed E-state index contributed by atoms with van der Waals surface area (Å²) < 4.78 is 38.7. The molecular formula is C45H62N2O11S2. The number of aryl methyl sites for hydroxylation is 1. The molecule has 15 heteroatoms. The van der Waals surface area contributed by atoms with Gasteiger partial charge in [0, 0.05) is 38.3 Å². The lowest BCUT2D eigenvalue weighted by Crippen LogP contribution is -2.44. The van der Waals surface area contributed by atoms with Crippen molar-refractivity contribution in [2.45, 2.75) is 122 Å². The summed E-state index contributed by atoms with van der Waals surface area (Å²) in [5, 5.41) is 12.8. The van der Waals surface area contributed by atoms with Crippen molar-refractivity contribution >= 4 is 45.8 Å². The molecule has 0 amide bonds. The minimum absolute atomic E-state index is 0.00936. The van der Waals surface area contributed by atoms with E-state index >= 15 is 0 Å². The molecule has 4 heterocycles. The van der Waals surface area contributed by atoms with E-state index in [1.54, 1.807) is 33.4 Å². The fourth-order valence-electron chi connectivity index (χ4n) is 7.24. The highest BCUT2D eigenvalue weighted by Gasteiger charge is 2.48. The van der Waals surface area contributed by atoms with Crippen LogP contribution in [0.5, 0.6) is 0 Å². The number of esters is 2. The van der Waals surface area contributed by atoms with Crippen molar-refractivity contribution in [3.8, 4) is 0 Å². The largest absolute Gasteiger partial charge is 0.508 e. The molecule has 0 aliphatic carbocycles. The van der Waals surface area contributed by atoms with E-state index in [1.165, 1.54) is 28.7 Å². The maximum Gasteiger partial charge on any atom is 0.508 e. The third-order valence-electron chi connectivity index (χ3n) is 10.9. The molecule has 2 aromatic rings. The number of aliphatic hydroxyl groups is 1. The molecule has 0 saturated carbocycles. The molecule has 1 N–H and O–H groups in total. The Labute approximate surface area is 362 Å². The molecule has 10 atom stereocenters. The van der Waals surface area contributed by atoms with Crippen LogP contribution in [0, 0.1) is 30.6 Å². The molecule has 0 radical (unpaired) electrons. The van der Waals surface area contributed by atoms with Crippen LogP contribution in [0.25, 0.3) is 6.08 Å². The summed E-state index contributed by atoms with van der Waals surface area (Å²) in [7, 11) is 6.01. The highest BCUT2D eigenvalue weighted by atomic mass is 33.1. The number of epoxide rings is 1. The maximum absolute atomic E-state index is 13.1. The average molecular weight is 871 g/mol. The molecule has 0 bridgehead atoms. The highest BCUT2D eigenvalue weighted by molar-refractivity contribution is 8.76. The van der Waals surface area contributed by atoms with Crippen molar-refractivity contribution in [1.29, 1.82) is 0 Å². The van der Waals surface area contributed by atoms with Crippen molar-refractivity contribution in [2.75, 3.05) is 26.6 Å². The Morgan fingerprint density at radius 1 is 1.17 bits per heavy atom. The van der Waals surface area contributed by atoms with Gasteiger partial charge < -0.3 is 37.9 Å². The third-order valence-corrected chi connectivity index (χ3v) is 13.2. The summed E-state index contributed by atoms with van der Waals surface area (Å²) >= 11 is 0. The van der Waals surface area contributed by atoms with Crippen LogP contribution in [0.4, 0.5) is 4.79 Å². The summed E-state index contributed by atoms with van der Waals surface area (Å²) in [5.41, 5.74) is 1.30. The van der Waals surface area contributed by atoms with Gasteiger partial charge >= 0.3 is 18.1 Å². The Morgan fingerprint density at radius 2 is 1.95 bits per heavy atom. The molecule has 0 aromatic carbocycles. The number of nitrogens with zero attached hydrogens (tertiary/aromatic N) is 2. The Morgan fingerprint density at radius 3 is 2.63 bits per heavy atom. The SMILES string of the molecule is COC(=O)[C@@H]1O[C@H]1C[C@H]1CC(=O)O[C@@H]([C@H](C)/C=C/C[C@](C)(O)[C@H](C[C@H](C)[C@H](C)[C@@H](OC)/C(C)=C/C=C/C(C)=C/c2coc(C)n2)OC(=O)OCCSSc2ccccn2)C1. The van der Waals surface area contributed by atoms with Crippen molar-refractivity contribution in [2.24, 2.45) is 23.7 Å². The predicted octanol–water partition coefficient (Wildman–Crippen LogP) is 8.91. The van der Waals surface area contributed by atoms with Gasteiger partial charge in [-0.25, -0.2) is 19.6 Å². The van der Waals surface area contributed by atoms with Gasteiger partial charge in [0.15, 0.2) is 12.0 Å². The molecule has 2 aromatic heterocycles. The lowest BCUT2D eigenvalue weighted by molar-refractivity contribution is -0.159. The first-order valence-corrected chi connectivity index (χ1v) is 22.8. The van der Waals surface area contributed by atoms with Gasteiger partial charge in [-0.15, -0.1) is 0 Å². The zero-order valence-electron chi connectivity index (χ0n) is 36.2.